The molecule has 0 unspecified atom stereocenters. The normalized spacial score (nSPS) is 32.7. The Hall–Kier alpha value is -2.34. The summed E-state index contributed by atoms with van der Waals surface area (Å²) in [4.78, 5) is 30.1. The molecule has 1 aromatic carbocycles. The largest absolute Gasteiger partial charge is 0.482 e. The van der Waals surface area contributed by atoms with Gasteiger partial charge in [0.25, 0.3) is 11.8 Å². The summed E-state index contributed by atoms with van der Waals surface area (Å²) in [6.07, 6.45) is 9.92. The second kappa shape index (κ2) is 7.12. The van der Waals surface area contributed by atoms with Gasteiger partial charge in [-0.25, -0.2) is 0 Å². The van der Waals surface area contributed by atoms with Crippen molar-refractivity contribution in [3.63, 3.8) is 0 Å². The molecule has 1 aliphatic carbocycles. The molecule has 1 N–H and O–H groups in total. The van der Waals surface area contributed by atoms with Gasteiger partial charge < -0.3 is 15.0 Å². The van der Waals surface area contributed by atoms with Crippen LogP contribution in [-0.4, -0.2) is 59.9 Å². The molecule has 2 amide bonds. The quantitative estimate of drug-likeness (QED) is 0.727. The lowest BCUT2D eigenvalue weighted by Crippen LogP contribution is -2.60. The van der Waals surface area contributed by atoms with E-state index in [9.17, 15) is 9.59 Å². The molecule has 5 aliphatic rings. The maximum absolute atomic E-state index is 13.6. The molecule has 0 aromatic heterocycles. The number of likely N-dealkylation sites (tertiary alicyclic amines) is 1. The van der Waals surface area contributed by atoms with Crippen LogP contribution in [0.2, 0.25) is 0 Å². The van der Waals surface area contributed by atoms with Crippen LogP contribution in [0.3, 0.4) is 0 Å². The van der Waals surface area contributed by atoms with Crippen LogP contribution in [-0.2, 0) is 4.79 Å². The Morgan fingerprint density at radius 1 is 1.17 bits per heavy atom. The third-order valence-corrected chi connectivity index (χ3v) is 7.78. The lowest BCUT2D eigenvalue weighted by molar-refractivity contribution is -0.118. The van der Waals surface area contributed by atoms with Crippen LogP contribution >= 0.6 is 0 Å². The molecule has 6 rings (SSSR count). The number of hydrogen-bond acceptors (Lipinski definition) is 4. The number of nitrogens with one attached hydrogen (secondary N) is 1. The van der Waals surface area contributed by atoms with Gasteiger partial charge in [-0.1, -0.05) is 18.1 Å². The van der Waals surface area contributed by atoms with E-state index in [4.69, 9.17) is 4.74 Å². The molecular weight excluding hydrogens is 378 g/mol. The highest BCUT2D eigenvalue weighted by Gasteiger charge is 2.47. The van der Waals surface area contributed by atoms with E-state index in [1.165, 1.54) is 37.8 Å². The number of amides is 2. The summed E-state index contributed by atoms with van der Waals surface area (Å²) >= 11 is 0. The van der Waals surface area contributed by atoms with E-state index in [1.807, 2.05) is 6.07 Å². The molecule has 0 radical (unpaired) electrons. The summed E-state index contributed by atoms with van der Waals surface area (Å²) in [5.41, 5.74) is 2.73. The fourth-order valence-electron chi connectivity index (χ4n) is 6.58. The molecule has 0 saturated carbocycles. The summed E-state index contributed by atoms with van der Waals surface area (Å²) in [6, 6.07) is 6.37. The minimum absolute atomic E-state index is 0.0307. The van der Waals surface area contributed by atoms with Crippen molar-refractivity contribution in [2.24, 2.45) is 11.8 Å². The lowest BCUT2D eigenvalue weighted by atomic mass is 9.68. The average molecular weight is 408 g/mol. The number of ether oxygens (including phenoxy) is 1. The molecule has 6 nitrogen and oxygen atoms in total. The van der Waals surface area contributed by atoms with Crippen LogP contribution in [0.4, 0.5) is 5.69 Å². The van der Waals surface area contributed by atoms with Crippen molar-refractivity contribution in [3.05, 3.63) is 35.4 Å². The van der Waals surface area contributed by atoms with Crippen LogP contribution in [0, 0.1) is 11.8 Å². The summed E-state index contributed by atoms with van der Waals surface area (Å²) in [5.74, 6) is 1.74. The highest BCUT2D eigenvalue weighted by atomic mass is 16.5. The smallest absolute Gasteiger partial charge is 0.262 e. The second-order valence-corrected chi connectivity index (χ2v) is 9.55. The van der Waals surface area contributed by atoms with Gasteiger partial charge in [-0.2, -0.15) is 0 Å². The molecule has 4 heterocycles. The van der Waals surface area contributed by atoms with Crippen LogP contribution in [0.1, 0.15) is 48.9 Å². The Morgan fingerprint density at radius 2 is 2.10 bits per heavy atom. The Bertz CT molecular complexity index is 926. The highest BCUT2D eigenvalue weighted by Crippen LogP contribution is 2.45. The van der Waals surface area contributed by atoms with Gasteiger partial charge in [-0.3, -0.25) is 14.5 Å². The fraction of sp³-hybridized carbons (Fsp3) is 0.583. The van der Waals surface area contributed by atoms with Crippen molar-refractivity contribution in [1.29, 1.82) is 0 Å². The first kappa shape index (κ1) is 18.4. The maximum Gasteiger partial charge on any atom is 0.262 e. The minimum atomic E-state index is -0.174. The van der Waals surface area contributed by atoms with E-state index in [0.717, 1.165) is 32.0 Å². The third-order valence-electron chi connectivity index (χ3n) is 7.78. The SMILES string of the molecule is O=C1COc2ccc(C(=O)N3CCCC4=C[C@H]5C[C@@H](CN6CCCC[C@H]56)[C@@H]43)cc2N1. The monoisotopic (exact) mass is 407 g/mol. The number of fused-ring (bicyclic) bond motifs is 7. The van der Waals surface area contributed by atoms with Crippen molar-refractivity contribution in [3.8, 4) is 5.75 Å². The maximum atomic E-state index is 13.6. The van der Waals surface area contributed by atoms with Crippen LogP contribution in [0.15, 0.2) is 29.8 Å². The molecule has 4 atom stereocenters. The number of carbonyl (C=O) groups excluding carboxylic acids is 2. The molecule has 3 saturated heterocycles. The zero-order valence-electron chi connectivity index (χ0n) is 17.3. The Kier molecular flexibility index (Phi) is 4.37. The summed E-state index contributed by atoms with van der Waals surface area (Å²) in [6.45, 7) is 3.18. The first-order chi connectivity index (χ1) is 14.7. The highest BCUT2D eigenvalue weighted by molar-refractivity contribution is 6.00. The Balaban J connectivity index is 1.30. The van der Waals surface area contributed by atoms with Gasteiger partial charge in [0.2, 0.25) is 0 Å². The van der Waals surface area contributed by atoms with E-state index >= 15 is 0 Å². The molecule has 6 heteroatoms. The number of carbonyl (C=O) groups is 2. The van der Waals surface area contributed by atoms with Gasteiger partial charge >= 0.3 is 0 Å². The summed E-state index contributed by atoms with van der Waals surface area (Å²) < 4.78 is 5.45. The van der Waals surface area contributed by atoms with Gasteiger partial charge in [0.05, 0.1) is 11.7 Å². The molecule has 3 fully saturated rings. The summed E-state index contributed by atoms with van der Waals surface area (Å²) in [5, 5.41) is 2.83. The fourth-order valence-corrected chi connectivity index (χ4v) is 6.58. The first-order valence-corrected chi connectivity index (χ1v) is 11.5. The van der Waals surface area contributed by atoms with Crippen molar-refractivity contribution in [1.82, 2.24) is 9.80 Å². The number of anilines is 1. The predicted octanol–water partition coefficient (Wildman–Crippen LogP) is 3.05. The molecule has 4 aliphatic heterocycles. The first-order valence-electron chi connectivity index (χ1n) is 11.5. The molecule has 158 valence electrons. The zero-order valence-corrected chi connectivity index (χ0v) is 17.3. The number of piperidine rings is 3. The number of rotatable bonds is 1. The second-order valence-electron chi connectivity index (χ2n) is 9.55. The lowest BCUT2D eigenvalue weighted by Gasteiger charge is -2.54. The van der Waals surface area contributed by atoms with E-state index in [-0.39, 0.29) is 24.5 Å². The molecular formula is C24H29N3O3. The zero-order chi connectivity index (χ0) is 20.2. The molecule has 2 bridgehead atoms. The van der Waals surface area contributed by atoms with Crippen LogP contribution < -0.4 is 10.1 Å². The van der Waals surface area contributed by atoms with Gasteiger partial charge in [-0.05, 0) is 68.7 Å². The van der Waals surface area contributed by atoms with Gasteiger partial charge in [0.1, 0.15) is 5.75 Å². The minimum Gasteiger partial charge on any atom is -0.482 e. The molecule has 0 spiro atoms. The predicted molar refractivity (Wildman–Crippen MR) is 114 cm³/mol. The number of benzene rings is 1. The number of hydrogen-bond donors (Lipinski definition) is 1. The van der Waals surface area contributed by atoms with E-state index in [2.05, 4.69) is 21.2 Å². The van der Waals surface area contributed by atoms with Crippen molar-refractivity contribution in [2.75, 3.05) is 31.6 Å². The Labute approximate surface area is 177 Å². The topological polar surface area (TPSA) is 61.9 Å². The Morgan fingerprint density at radius 3 is 3.03 bits per heavy atom. The molecule has 1 aromatic rings. The van der Waals surface area contributed by atoms with Gasteiger partial charge in [0.15, 0.2) is 6.61 Å². The van der Waals surface area contributed by atoms with E-state index in [1.54, 1.807) is 12.1 Å². The van der Waals surface area contributed by atoms with Crippen LogP contribution in [0.25, 0.3) is 0 Å². The van der Waals surface area contributed by atoms with E-state index in [0.29, 0.717) is 28.8 Å². The van der Waals surface area contributed by atoms with Crippen molar-refractivity contribution >= 4 is 17.5 Å². The third kappa shape index (κ3) is 2.96. The summed E-state index contributed by atoms with van der Waals surface area (Å²) in [7, 11) is 0. The molecule has 30 heavy (non-hydrogen) atoms. The number of nitrogens with zero attached hydrogens (tertiary/aromatic N) is 2. The van der Waals surface area contributed by atoms with Gasteiger partial charge in [0, 0.05) is 24.7 Å². The van der Waals surface area contributed by atoms with Gasteiger partial charge in [-0.15, -0.1) is 0 Å². The average Bonchev–Trinajstić information content (AvgIpc) is 2.78. The van der Waals surface area contributed by atoms with Crippen molar-refractivity contribution in [2.45, 2.75) is 50.6 Å². The van der Waals surface area contributed by atoms with Crippen LogP contribution in [0.5, 0.6) is 5.75 Å². The van der Waals surface area contributed by atoms with E-state index < -0.39 is 0 Å². The standard InChI is InChI=1S/C24H29N3O3/c28-22-14-30-21-7-6-16(12-19(21)25-22)24(29)27-9-3-4-15-10-17-11-18(23(15)27)13-26-8-2-1-5-20(17)26/h6-7,10,12,17-18,20,23H,1-5,8-9,11,13-14H2,(H,25,28)/t17-,18-,20+,23+/m0/s1. The van der Waals surface area contributed by atoms with Crippen molar-refractivity contribution < 1.29 is 14.3 Å².